The predicted octanol–water partition coefficient (Wildman–Crippen LogP) is 5.66. The van der Waals surface area contributed by atoms with Gasteiger partial charge in [0.05, 0.1) is 18.8 Å². The molecule has 0 aliphatic carbocycles. The topological polar surface area (TPSA) is 71.2 Å². The van der Waals surface area contributed by atoms with Crippen molar-refractivity contribution in [2.45, 2.75) is 70.3 Å². The molecule has 6 heteroatoms. The van der Waals surface area contributed by atoms with Crippen LogP contribution in [0, 0.1) is 5.92 Å². The molecule has 3 N–H and O–H groups in total. The number of hydrogen-bond acceptors (Lipinski definition) is 6. The van der Waals surface area contributed by atoms with Gasteiger partial charge < -0.3 is 25.2 Å². The molecule has 3 aromatic carbocycles. The molecule has 0 saturated carbocycles. The summed E-state index contributed by atoms with van der Waals surface area (Å²) in [5.41, 5.74) is 12.4. The number of hydrogen-bond donors (Lipinski definition) is 2. The van der Waals surface area contributed by atoms with Gasteiger partial charge in [-0.3, -0.25) is 4.90 Å². The highest BCUT2D eigenvalue weighted by Crippen LogP contribution is 2.42. The average molecular weight is 556 g/mol. The first-order valence-corrected chi connectivity index (χ1v) is 15.5. The van der Waals surface area contributed by atoms with Crippen molar-refractivity contribution in [3.8, 4) is 11.1 Å². The van der Waals surface area contributed by atoms with Crippen LogP contribution in [-0.2, 0) is 22.6 Å². The Labute approximate surface area is 245 Å². The molecule has 6 nitrogen and oxygen atoms in total. The van der Waals surface area contributed by atoms with Crippen molar-refractivity contribution in [3.63, 3.8) is 0 Å². The van der Waals surface area contributed by atoms with E-state index in [1.165, 1.54) is 45.3 Å². The Morgan fingerprint density at radius 3 is 2.29 bits per heavy atom. The van der Waals surface area contributed by atoms with Crippen LogP contribution in [0.5, 0.6) is 0 Å². The van der Waals surface area contributed by atoms with E-state index >= 15 is 0 Å². The molecule has 0 amide bonds. The Morgan fingerprint density at radius 2 is 1.56 bits per heavy atom. The van der Waals surface area contributed by atoms with Crippen molar-refractivity contribution < 1.29 is 14.6 Å². The smallest absolute Gasteiger partial charge is 0.184 e. The van der Waals surface area contributed by atoms with Gasteiger partial charge in [0.2, 0.25) is 0 Å². The summed E-state index contributed by atoms with van der Waals surface area (Å²) in [6, 6.07) is 25.8. The third-order valence-corrected chi connectivity index (χ3v) is 9.38. The molecule has 3 saturated heterocycles. The van der Waals surface area contributed by atoms with Gasteiger partial charge in [-0.25, -0.2) is 0 Å². The van der Waals surface area contributed by atoms with Gasteiger partial charge in [-0.05, 0) is 79.2 Å². The minimum atomic E-state index is -0.442. The number of aliphatic hydroxyl groups excluding tert-OH is 1. The lowest BCUT2D eigenvalue weighted by molar-refractivity contribution is -0.276. The van der Waals surface area contributed by atoms with Crippen LogP contribution >= 0.6 is 0 Å². The van der Waals surface area contributed by atoms with Crippen LogP contribution in [0.2, 0.25) is 0 Å². The average Bonchev–Trinajstić information content (AvgIpc) is 3.71. The summed E-state index contributed by atoms with van der Waals surface area (Å²) in [6.07, 6.45) is 4.73. The third kappa shape index (κ3) is 6.59. The van der Waals surface area contributed by atoms with Crippen molar-refractivity contribution >= 4 is 0 Å². The van der Waals surface area contributed by atoms with E-state index in [2.05, 4.69) is 77.4 Å². The molecular weight excluding hydrogens is 510 g/mol. The highest BCUT2D eigenvalue weighted by molar-refractivity contribution is 5.64. The second-order valence-corrected chi connectivity index (χ2v) is 12.1. The van der Waals surface area contributed by atoms with Gasteiger partial charge in [0.25, 0.3) is 0 Å². The maximum atomic E-state index is 9.58. The Kier molecular flexibility index (Phi) is 9.16. The molecule has 0 aromatic heterocycles. The van der Waals surface area contributed by atoms with Crippen LogP contribution in [-0.4, -0.2) is 59.8 Å². The summed E-state index contributed by atoms with van der Waals surface area (Å²) in [4.78, 5) is 5.33. The van der Waals surface area contributed by atoms with E-state index in [-0.39, 0.29) is 24.7 Å². The molecule has 3 aromatic rings. The molecule has 0 bridgehead atoms. The molecule has 5 atom stereocenters. The molecule has 41 heavy (non-hydrogen) atoms. The molecule has 218 valence electrons. The predicted molar refractivity (Wildman–Crippen MR) is 163 cm³/mol. The molecule has 0 spiro atoms. The molecule has 3 fully saturated rings. The number of benzene rings is 3. The molecule has 0 unspecified atom stereocenters. The van der Waals surface area contributed by atoms with E-state index in [1.54, 1.807) is 0 Å². The van der Waals surface area contributed by atoms with Crippen LogP contribution in [0.3, 0.4) is 0 Å². The zero-order valence-electron chi connectivity index (χ0n) is 24.3. The van der Waals surface area contributed by atoms with Gasteiger partial charge in [0.15, 0.2) is 6.29 Å². The highest BCUT2D eigenvalue weighted by Gasteiger charge is 2.40. The minimum Gasteiger partial charge on any atom is -0.392 e. The van der Waals surface area contributed by atoms with Crippen molar-refractivity contribution in [2.24, 2.45) is 11.7 Å². The normalized spacial score (nSPS) is 27.4. The minimum absolute atomic E-state index is 0.0453. The molecule has 6 rings (SSSR count). The lowest BCUT2D eigenvalue weighted by atomic mass is 9.89. The SMILES string of the molecule is C[C@H]1[C@@H](CN2CCC[C@H]2CN2CCCC2)O[C@@H](c2ccc(-c3cccc(CN)c3)cc2)O[C@H]1c1ccc(CO)cc1. The number of ether oxygens (including phenoxy) is 2. The van der Waals surface area contributed by atoms with Crippen LogP contribution in [0.1, 0.15) is 67.3 Å². The zero-order valence-corrected chi connectivity index (χ0v) is 24.3. The van der Waals surface area contributed by atoms with E-state index in [9.17, 15) is 5.11 Å². The second-order valence-electron chi connectivity index (χ2n) is 12.1. The number of nitrogens with two attached hydrogens (primary N) is 1. The van der Waals surface area contributed by atoms with Crippen LogP contribution < -0.4 is 5.73 Å². The Hall–Kier alpha value is -2.58. The summed E-state index contributed by atoms with van der Waals surface area (Å²) in [6.45, 7) is 8.59. The van der Waals surface area contributed by atoms with Gasteiger partial charge in [0.1, 0.15) is 0 Å². The number of likely N-dealkylation sites (tertiary alicyclic amines) is 2. The maximum absolute atomic E-state index is 9.58. The first-order chi connectivity index (χ1) is 20.1. The summed E-state index contributed by atoms with van der Waals surface area (Å²) in [5, 5.41) is 9.58. The van der Waals surface area contributed by atoms with E-state index < -0.39 is 6.29 Å². The molecule has 3 heterocycles. The number of aliphatic hydroxyl groups is 1. The third-order valence-electron chi connectivity index (χ3n) is 9.38. The molecular formula is C35H45N3O3. The van der Waals surface area contributed by atoms with Crippen LogP contribution in [0.25, 0.3) is 11.1 Å². The zero-order chi connectivity index (χ0) is 28.2. The van der Waals surface area contributed by atoms with Gasteiger partial charge in [-0.2, -0.15) is 0 Å². The fourth-order valence-electron chi connectivity index (χ4n) is 6.88. The quantitative estimate of drug-likeness (QED) is 0.355. The fourth-order valence-corrected chi connectivity index (χ4v) is 6.88. The molecule has 3 aliphatic rings. The van der Waals surface area contributed by atoms with E-state index in [4.69, 9.17) is 15.2 Å². The first kappa shape index (κ1) is 28.5. The molecule has 3 aliphatic heterocycles. The summed E-state index contributed by atoms with van der Waals surface area (Å²) >= 11 is 0. The van der Waals surface area contributed by atoms with Crippen molar-refractivity contribution in [1.82, 2.24) is 9.80 Å². The Morgan fingerprint density at radius 1 is 0.805 bits per heavy atom. The van der Waals surface area contributed by atoms with E-state index in [0.29, 0.717) is 12.6 Å². The number of rotatable bonds is 9. The Balaban J connectivity index is 1.23. The number of nitrogens with zero attached hydrogens (tertiary/aromatic N) is 2. The summed E-state index contributed by atoms with van der Waals surface area (Å²) in [7, 11) is 0. The first-order valence-electron chi connectivity index (χ1n) is 15.5. The van der Waals surface area contributed by atoms with Gasteiger partial charge in [-0.1, -0.05) is 73.7 Å². The van der Waals surface area contributed by atoms with Crippen molar-refractivity contribution in [1.29, 1.82) is 0 Å². The highest BCUT2D eigenvalue weighted by atomic mass is 16.7. The lowest BCUT2D eigenvalue weighted by Gasteiger charge is -2.43. The lowest BCUT2D eigenvalue weighted by Crippen LogP contribution is -2.48. The fraction of sp³-hybridized carbons (Fsp3) is 0.486. The monoisotopic (exact) mass is 555 g/mol. The van der Waals surface area contributed by atoms with Gasteiger partial charge in [0, 0.05) is 37.2 Å². The van der Waals surface area contributed by atoms with Gasteiger partial charge in [-0.15, -0.1) is 0 Å². The summed E-state index contributed by atoms with van der Waals surface area (Å²) in [5.74, 6) is 0.192. The summed E-state index contributed by atoms with van der Waals surface area (Å²) < 4.78 is 13.5. The second kappa shape index (κ2) is 13.2. The van der Waals surface area contributed by atoms with E-state index in [1.807, 2.05) is 12.1 Å². The Bertz CT molecular complexity index is 1260. The standard InChI is InChI=1S/C35H45N3O3/c1-25-33(23-38-19-5-8-32(38)22-37-17-2-3-18-37)40-35(41-34(25)29-11-9-26(24-39)10-12-29)30-15-13-28(14-16-30)31-7-4-6-27(20-31)21-36/h4,6-7,9-16,20,25,32-35,39H,2-3,5,8,17-19,21-24,36H2,1H3/t25-,32-,33+,34+,35+/m0/s1. The van der Waals surface area contributed by atoms with Crippen LogP contribution in [0.15, 0.2) is 72.8 Å². The van der Waals surface area contributed by atoms with Crippen molar-refractivity contribution in [2.75, 3.05) is 32.7 Å². The maximum Gasteiger partial charge on any atom is 0.184 e. The molecule has 0 radical (unpaired) electrons. The van der Waals surface area contributed by atoms with E-state index in [0.717, 1.165) is 46.5 Å². The largest absolute Gasteiger partial charge is 0.392 e. The van der Waals surface area contributed by atoms with Crippen molar-refractivity contribution in [3.05, 3.63) is 95.1 Å². The van der Waals surface area contributed by atoms with Gasteiger partial charge >= 0.3 is 0 Å². The van der Waals surface area contributed by atoms with Crippen LogP contribution in [0.4, 0.5) is 0 Å².